The average Bonchev–Trinajstić information content (AvgIpc) is 2.96. The minimum atomic E-state index is 0.00910. The molecule has 0 aliphatic heterocycles. The Morgan fingerprint density at radius 1 is 1.00 bits per heavy atom. The fourth-order valence-corrected chi connectivity index (χ4v) is 2.46. The van der Waals surface area contributed by atoms with Crippen molar-refractivity contribution >= 4 is 0 Å². The van der Waals surface area contributed by atoms with Gasteiger partial charge in [-0.1, -0.05) is 54.6 Å². The van der Waals surface area contributed by atoms with E-state index in [0.717, 1.165) is 11.4 Å². The van der Waals surface area contributed by atoms with Crippen molar-refractivity contribution in [1.82, 2.24) is 20.2 Å². The number of benzene rings is 2. The molecule has 0 aliphatic carbocycles. The Morgan fingerprint density at radius 3 is 2.24 bits per heavy atom. The van der Waals surface area contributed by atoms with Gasteiger partial charge in [-0.2, -0.15) is 0 Å². The highest BCUT2D eigenvalue weighted by molar-refractivity contribution is 5.63. The second-order valence-electron chi connectivity index (χ2n) is 4.94. The van der Waals surface area contributed by atoms with Crippen molar-refractivity contribution in [2.24, 2.45) is 12.8 Å². The zero-order valence-corrected chi connectivity index (χ0v) is 11.8. The van der Waals surface area contributed by atoms with Crippen LogP contribution in [0.5, 0.6) is 0 Å². The molecule has 5 heteroatoms. The van der Waals surface area contributed by atoms with Crippen LogP contribution in [0.15, 0.2) is 54.6 Å². The number of hydrogen-bond acceptors (Lipinski definition) is 4. The van der Waals surface area contributed by atoms with E-state index in [-0.39, 0.29) is 5.92 Å². The van der Waals surface area contributed by atoms with Crippen LogP contribution in [0.4, 0.5) is 0 Å². The summed E-state index contributed by atoms with van der Waals surface area (Å²) < 4.78 is 1.67. The Kier molecular flexibility index (Phi) is 3.75. The van der Waals surface area contributed by atoms with Crippen LogP contribution in [0, 0.1) is 0 Å². The zero-order valence-electron chi connectivity index (χ0n) is 11.8. The Hall–Kier alpha value is -2.53. The molecule has 21 heavy (non-hydrogen) atoms. The fourth-order valence-electron chi connectivity index (χ4n) is 2.46. The topological polar surface area (TPSA) is 69.6 Å². The summed E-state index contributed by atoms with van der Waals surface area (Å²) in [6.07, 6.45) is 0. The lowest BCUT2D eigenvalue weighted by molar-refractivity contribution is 0.641. The third kappa shape index (κ3) is 2.68. The second-order valence-corrected chi connectivity index (χ2v) is 4.94. The van der Waals surface area contributed by atoms with E-state index >= 15 is 0 Å². The van der Waals surface area contributed by atoms with Crippen molar-refractivity contribution < 1.29 is 0 Å². The minimum absolute atomic E-state index is 0.00910. The molecule has 2 N–H and O–H groups in total. The Balaban J connectivity index is 1.91. The van der Waals surface area contributed by atoms with Crippen molar-refractivity contribution in [3.63, 3.8) is 0 Å². The van der Waals surface area contributed by atoms with E-state index in [1.165, 1.54) is 11.1 Å². The lowest BCUT2D eigenvalue weighted by atomic mass is 9.95. The summed E-state index contributed by atoms with van der Waals surface area (Å²) in [4.78, 5) is 0. The van der Waals surface area contributed by atoms with Gasteiger partial charge in [-0.25, -0.2) is 4.68 Å². The van der Waals surface area contributed by atoms with E-state index in [2.05, 4.69) is 51.9 Å². The van der Waals surface area contributed by atoms with Crippen LogP contribution in [0.3, 0.4) is 0 Å². The quantitative estimate of drug-likeness (QED) is 0.792. The van der Waals surface area contributed by atoms with Gasteiger partial charge in [0.25, 0.3) is 0 Å². The molecule has 0 bridgehead atoms. The first kappa shape index (κ1) is 13.5. The predicted octanol–water partition coefficient (Wildman–Crippen LogP) is 1.97. The standard InChI is InChI=1S/C16H17N5/c1-21-16(18-19-20-21)15(11-17)14-9-7-13(8-10-14)12-5-3-2-4-6-12/h2-10,15H,11,17H2,1H3/t15-/m1/s1. The summed E-state index contributed by atoms with van der Waals surface area (Å²) >= 11 is 0. The molecule has 0 aliphatic rings. The summed E-state index contributed by atoms with van der Waals surface area (Å²) in [5.74, 6) is 0.791. The van der Waals surface area contributed by atoms with Crippen LogP contribution < -0.4 is 5.73 Å². The molecular formula is C16H17N5. The van der Waals surface area contributed by atoms with Crippen LogP contribution in [0.1, 0.15) is 17.3 Å². The van der Waals surface area contributed by atoms with Crippen LogP contribution in [0.2, 0.25) is 0 Å². The van der Waals surface area contributed by atoms with Crippen molar-refractivity contribution in [2.45, 2.75) is 5.92 Å². The van der Waals surface area contributed by atoms with Crippen LogP contribution >= 0.6 is 0 Å². The maximum atomic E-state index is 5.91. The maximum absolute atomic E-state index is 5.91. The lowest BCUT2D eigenvalue weighted by Crippen LogP contribution is -2.18. The summed E-state index contributed by atoms with van der Waals surface area (Å²) in [6, 6.07) is 18.7. The summed E-state index contributed by atoms with van der Waals surface area (Å²) in [5.41, 5.74) is 9.41. The van der Waals surface area contributed by atoms with E-state index in [4.69, 9.17) is 5.73 Å². The van der Waals surface area contributed by atoms with E-state index in [9.17, 15) is 0 Å². The normalized spacial score (nSPS) is 12.3. The first-order valence-corrected chi connectivity index (χ1v) is 6.87. The summed E-state index contributed by atoms with van der Waals surface area (Å²) in [7, 11) is 1.83. The van der Waals surface area contributed by atoms with Crippen LogP contribution in [-0.2, 0) is 7.05 Å². The third-order valence-electron chi connectivity index (χ3n) is 3.62. The van der Waals surface area contributed by atoms with E-state index in [1.807, 2.05) is 25.2 Å². The molecule has 106 valence electrons. The molecule has 3 aromatic rings. The minimum Gasteiger partial charge on any atom is -0.329 e. The highest BCUT2D eigenvalue weighted by atomic mass is 15.5. The molecule has 1 atom stereocenters. The predicted molar refractivity (Wildman–Crippen MR) is 81.6 cm³/mol. The first-order valence-electron chi connectivity index (χ1n) is 6.87. The van der Waals surface area contributed by atoms with Gasteiger partial charge >= 0.3 is 0 Å². The van der Waals surface area contributed by atoms with Gasteiger partial charge in [0.05, 0.1) is 5.92 Å². The van der Waals surface area contributed by atoms with Crippen molar-refractivity contribution in [3.05, 3.63) is 66.0 Å². The highest BCUT2D eigenvalue weighted by Gasteiger charge is 2.18. The number of rotatable bonds is 4. The van der Waals surface area contributed by atoms with Gasteiger partial charge < -0.3 is 5.73 Å². The molecular weight excluding hydrogens is 262 g/mol. The number of aryl methyl sites for hydroxylation is 1. The number of aromatic nitrogens is 4. The van der Waals surface area contributed by atoms with Gasteiger partial charge in [-0.3, -0.25) is 0 Å². The van der Waals surface area contributed by atoms with Crippen LogP contribution in [0.25, 0.3) is 11.1 Å². The van der Waals surface area contributed by atoms with Gasteiger partial charge in [0.1, 0.15) is 0 Å². The fraction of sp³-hybridized carbons (Fsp3) is 0.188. The molecule has 0 radical (unpaired) electrons. The van der Waals surface area contributed by atoms with Crippen molar-refractivity contribution in [1.29, 1.82) is 0 Å². The van der Waals surface area contributed by atoms with Gasteiger partial charge in [0, 0.05) is 13.6 Å². The monoisotopic (exact) mass is 279 g/mol. The Bertz CT molecular complexity index is 703. The molecule has 0 fully saturated rings. The largest absolute Gasteiger partial charge is 0.329 e. The molecule has 0 spiro atoms. The maximum Gasteiger partial charge on any atom is 0.159 e. The molecule has 5 nitrogen and oxygen atoms in total. The number of hydrogen-bond donors (Lipinski definition) is 1. The van der Waals surface area contributed by atoms with Gasteiger partial charge in [-0.05, 0) is 27.1 Å². The molecule has 0 saturated heterocycles. The van der Waals surface area contributed by atoms with E-state index in [0.29, 0.717) is 6.54 Å². The molecule has 2 aromatic carbocycles. The summed E-state index contributed by atoms with van der Waals surface area (Å²) in [6.45, 7) is 0.471. The third-order valence-corrected chi connectivity index (χ3v) is 3.62. The van der Waals surface area contributed by atoms with E-state index < -0.39 is 0 Å². The first-order chi connectivity index (χ1) is 10.3. The summed E-state index contributed by atoms with van der Waals surface area (Å²) in [5, 5.41) is 11.6. The number of nitrogens with two attached hydrogens (primary N) is 1. The second kappa shape index (κ2) is 5.85. The van der Waals surface area contributed by atoms with Gasteiger partial charge in [0.2, 0.25) is 0 Å². The lowest BCUT2D eigenvalue weighted by Gasteiger charge is -2.14. The molecule has 1 heterocycles. The molecule has 3 rings (SSSR count). The molecule has 0 amide bonds. The SMILES string of the molecule is Cn1nnnc1[C@H](CN)c1ccc(-c2ccccc2)cc1. The zero-order chi connectivity index (χ0) is 14.7. The van der Waals surface area contributed by atoms with Gasteiger partial charge in [-0.15, -0.1) is 5.10 Å². The number of nitrogens with zero attached hydrogens (tertiary/aromatic N) is 4. The Labute approximate surface area is 123 Å². The highest BCUT2D eigenvalue weighted by Crippen LogP contribution is 2.25. The smallest absolute Gasteiger partial charge is 0.159 e. The Morgan fingerprint density at radius 2 is 1.67 bits per heavy atom. The molecule has 1 aromatic heterocycles. The average molecular weight is 279 g/mol. The van der Waals surface area contributed by atoms with E-state index in [1.54, 1.807) is 4.68 Å². The van der Waals surface area contributed by atoms with Gasteiger partial charge in [0.15, 0.2) is 5.82 Å². The van der Waals surface area contributed by atoms with Crippen molar-refractivity contribution in [2.75, 3.05) is 6.54 Å². The molecule has 0 saturated carbocycles. The molecule has 0 unspecified atom stereocenters. The van der Waals surface area contributed by atoms with Crippen molar-refractivity contribution in [3.8, 4) is 11.1 Å². The van der Waals surface area contributed by atoms with Crippen LogP contribution in [-0.4, -0.2) is 26.8 Å². The number of tetrazole rings is 1.